The Hall–Kier alpha value is -2.09. The zero-order chi connectivity index (χ0) is 15.9. The minimum atomic E-state index is -3.37. The third-order valence-corrected chi connectivity index (χ3v) is 3.57. The molecule has 2 N–H and O–H groups in total. The number of aromatic amines is 1. The van der Waals surface area contributed by atoms with Crippen molar-refractivity contribution in [3.63, 3.8) is 0 Å². The highest BCUT2D eigenvalue weighted by Gasteiger charge is 2.49. The molecule has 1 aromatic carbocycles. The molecule has 1 unspecified atom stereocenters. The predicted octanol–water partition coefficient (Wildman–Crippen LogP) is 2.95. The van der Waals surface area contributed by atoms with Crippen molar-refractivity contribution in [3.05, 3.63) is 35.7 Å². The predicted molar refractivity (Wildman–Crippen MR) is 69.1 cm³/mol. The fourth-order valence-electron chi connectivity index (χ4n) is 2.62. The molecule has 0 spiro atoms. The first-order valence-corrected chi connectivity index (χ1v) is 6.52. The number of H-pyrrole nitrogens is 1. The van der Waals surface area contributed by atoms with E-state index >= 15 is 0 Å². The topological polar surface area (TPSA) is 58.1 Å². The summed E-state index contributed by atoms with van der Waals surface area (Å²) in [6.07, 6.45) is -2.55. The maximum atomic E-state index is 13.9. The maximum Gasteiger partial charge on any atom is 0.281 e. The SMILES string of the molecule is OC1c2c(-c3cn[nH]c3)ccc(OCC(F)F)c2CC1(F)F. The summed E-state index contributed by atoms with van der Waals surface area (Å²) in [6, 6.07) is 2.81. The molecule has 118 valence electrons. The van der Waals surface area contributed by atoms with E-state index in [1.165, 1.54) is 24.5 Å². The van der Waals surface area contributed by atoms with Crippen molar-refractivity contribution in [1.29, 1.82) is 0 Å². The summed E-state index contributed by atoms with van der Waals surface area (Å²) in [5.74, 6) is -3.43. The highest BCUT2D eigenvalue weighted by molar-refractivity contribution is 5.71. The van der Waals surface area contributed by atoms with Crippen LogP contribution in [0.2, 0.25) is 0 Å². The third kappa shape index (κ3) is 2.43. The van der Waals surface area contributed by atoms with Crippen LogP contribution >= 0.6 is 0 Å². The Morgan fingerprint density at radius 2 is 2.18 bits per heavy atom. The lowest BCUT2D eigenvalue weighted by Gasteiger charge is -2.16. The molecule has 1 atom stereocenters. The molecule has 1 heterocycles. The number of hydrogen-bond donors (Lipinski definition) is 2. The van der Waals surface area contributed by atoms with E-state index in [4.69, 9.17) is 4.74 Å². The molecule has 0 saturated carbocycles. The minimum absolute atomic E-state index is 0.00170. The summed E-state index contributed by atoms with van der Waals surface area (Å²) in [6.45, 7) is -0.890. The quantitative estimate of drug-likeness (QED) is 0.853. The van der Waals surface area contributed by atoms with E-state index in [9.17, 15) is 22.7 Å². The normalized spacial score (nSPS) is 19.5. The Morgan fingerprint density at radius 3 is 2.82 bits per heavy atom. The van der Waals surface area contributed by atoms with Crippen molar-refractivity contribution in [2.45, 2.75) is 24.9 Å². The van der Waals surface area contributed by atoms with Gasteiger partial charge in [0.05, 0.1) is 6.20 Å². The molecule has 4 nitrogen and oxygen atoms in total. The molecule has 3 rings (SSSR count). The van der Waals surface area contributed by atoms with E-state index in [0.717, 1.165) is 0 Å². The zero-order valence-corrected chi connectivity index (χ0v) is 11.2. The second kappa shape index (κ2) is 5.28. The van der Waals surface area contributed by atoms with Crippen molar-refractivity contribution >= 4 is 0 Å². The summed E-state index contributed by atoms with van der Waals surface area (Å²) < 4.78 is 57.2. The van der Waals surface area contributed by atoms with Gasteiger partial charge in [-0.15, -0.1) is 0 Å². The molecule has 0 bridgehead atoms. The van der Waals surface area contributed by atoms with Crippen molar-refractivity contribution in [1.82, 2.24) is 10.2 Å². The van der Waals surface area contributed by atoms with Crippen LogP contribution in [0.3, 0.4) is 0 Å². The van der Waals surface area contributed by atoms with Crippen LogP contribution in [-0.2, 0) is 6.42 Å². The second-order valence-corrected chi connectivity index (χ2v) is 5.03. The molecule has 0 amide bonds. The average Bonchev–Trinajstić information content (AvgIpc) is 3.05. The van der Waals surface area contributed by atoms with Crippen molar-refractivity contribution in [2.75, 3.05) is 6.61 Å². The molecule has 0 aliphatic heterocycles. The van der Waals surface area contributed by atoms with Crippen LogP contribution in [0.25, 0.3) is 11.1 Å². The van der Waals surface area contributed by atoms with Gasteiger partial charge in [0.15, 0.2) is 0 Å². The van der Waals surface area contributed by atoms with Crippen molar-refractivity contribution in [3.8, 4) is 16.9 Å². The van der Waals surface area contributed by atoms with E-state index in [0.29, 0.717) is 11.1 Å². The third-order valence-electron chi connectivity index (χ3n) is 3.57. The van der Waals surface area contributed by atoms with E-state index in [2.05, 4.69) is 10.2 Å². The van der Waals surface area contributed by atoms with Gasteiger partial charge in [-0.1, -0.05) is 6.07 Å². The number of halogens is 4. The zero-order valence-electron chi connectivity index (χ0n) is 11.2. The number of fused-ring (bicyclic) bond motifs is 1. The molecule has 1 aromatic heterocycles. The van der Waals surface area contributed by atoms with E-state index in [1.807, 2.05) is 0 Å². The Balaban J connectivity index is 2.09. The molecular formula is C14H12F4N2O2. The molecular weight excluding hydrogens is 304 g/mol. The maximum absolute atomic E-state index is 13.9. The van der Waals surface area contributed by atoms with Gasteiger partial charge < -0.3 is 9.84 Å². The largest absolute Gasteiger partial charge is 0.487 e. The number of hydrogen-bond acceptors (Lipinski definition) is 3. The molecule has 0 radical (unpaired) electrons. The summed E-state index contributed by atoms with van der Waals surface area (Å²) >= 11 is 0. The standard InChI is InChI=1S/C14H12F4N2O2/c15-11(16)6-22-10-2-1-8(7-4-19-20-5-7)12-9(10)3-14(17,18)13(12)21/h1-2,4-5,11,13,21H,3,6H2,(H,19,20). The Kier molecular flexibility index (Phi) is 3.56. The number of ether oxygens (including phenoxy) is 1. The van der Waals surface area contributed by atoms with Crippen molar-refractivity contribution < 1.29 is 27.4 Å². The number of aliphatic hydroxyl groups excluding tert-OH is 1. The highest BCUT2D eigenvalue weighted by Crippen LogP contribution is 2.50. The molecule has 0 fully saturated rings. The van der Waals surface area contributed by atoms with Gasteiger partial charge in [-0.2, -0.15) is 5.10 Å². The molecule has 8 heteroatoms. The van der Waals surface area contributed by atoms with Crippen LogP contribution in [0, 0.1) is 0 Å². The molecule has 22 heavy (non-hydrogen) atoms. The molecule has 1 aliphatic rings. The number of nitrogens with one attached hydrogen (secondary N) is 1. The van der Waals surface area contributed by atoms with Crippen LogP contribution in [0.4, 0.5) is 17.6 Å². The number of benzene rings is 1. The molecule has 0 saturated heterocycles. The number of nitrogens with zero attached hydrogens (tertiary/aromatic N) is 1. The summed E-state index contributed by atoms with van der Waals surface area (Å²) in [5.41, 5.74) is 0.946. The van der Waals surface area contributed by atoms with E-state index < -0.39 is 31.5 Å². The first kappa shape index (κ1) is 14.8. The molecule has 2 aromatic rings. The smallest absolute Gasteiger partial charge is 0.281 e. The monoisotopic (exact) mass is 316 g/mol. The summed E-state index contributed by atoms with van der Waals surface area (Å²) in [5, 5.41) is 16.2. The average molecular weight is 316 g/mol. The second-order valence-electron chi connectivity index (χ2n) is 5.03. The lowest BCUT2D eigenvalue weighted by Crippen LogP contribution is -2.21. The van der Waals surface area contributed by atoms with Gasteiger partial charge in [0, 0.05) is 29.3 Å². The van der Waals surface area contributed by atoms with Gasteiger partial charge in [0.1, 0.15) is 18.5 Å². The van der Waals surface area contributed by atoms with Crippen LogP contribution < -0.4 is 4.74 Å². The van der Waals surface area contributed by atoms with Gasteiger partial charge in [-0.25, -0.2) is 17.6 Å². The first-order valence-electron chi connectivity index (χ1n) is 6.52. The summed E-state index contributed by atoms with van der Waals surface area (Å²) in [4.78, 5) is 0. The number of aromatic nitrogens is 2. The van der Waals surface area contributed by atoms with Crippen LogP contribution in [0.15, 0.2) is 24.5 Å². The van der Waals surface area contributed by atoms with Gasteiger partial charge in [-0.05, 0) is 11.6 Å². The number of alkyl halides is 4. The van der Waals surface area contributed by atoms with Gasteiger partial charge >= 0.3 is 0 Å². The van der Waals surface area contributed by atoms with Gasteiger partial charge in [0.25, 0.3) is 12.3 Å². The molecule has 1 aliphatic carbocycles. The minimum Gasteiger partial charge on any atom is -0.487 e. The Morgan fingerprint density at radius 1 is 1.41 bits per heavy atom. The fourth-order valence-corrected chi connectivity index (χ4v) is 2.62. The van der Waals surface area contributed by atoms with Gasteiger partial charge in [0.2, 0.25) is 0 Å². The Bertz CT molecular complexity index is 674. The highest BCUT2D eigenvalue weighted by atomic mass is 19.3. The van der Waals surface area contributed by atoms with Crippen LogP contribution in [0.1, 0.15) is 17.2 Å². The number of rotatable bonds is 4. The van der Waals surface area contributed by atoms with E-state index in [1.54, 1.807) is 0 Å². The van der Waals surface area contributed by atoms with Crippen LogP contribution in [-0.4, -0.2) is 34.3 Å². The summed E-state index contributed by atoms with van der Waals surface area (Å²) in [7, 11) is 0. The van der Waals surface area contributed by atoms with Gasteiger partial charge in [-0.3, -0.25) is 5.10 Å². The first-order chi connectivity index (χ1) is 10.4. The number of aliphatic hydroxyl groups is 1. The van der Waals surface area contributed by atoms with Crippen LogP contribution in [0.5, 0.6) is 5.75 Å². The Labute approximate surface area is 122 Å². The fraction of sp³-hybridized carbons (Fsp3) is 0.357. The van der Waals surface area contributed by atoms with Crippen molar-refractivity contribution in [2.24, 2.45) is 0 Å². The van der Waals surface area contributed by atoms with E-state index in [-0.39, 0.29) is 16.9 Å². The lowest BCUT2D eigenvalue weighted by molar-refractivity contribution is -0.0967. The lowest BCUT2D eigenvalue weighted by atomic mass is 9.97.